The molecule has 0 aromatic heterocycles. The molecule has 1 saturated carbocycles. The third-order valence-electron chi connectivity index (χ3n) is 4.85. The van der Waals surface area contributed by atoms with Crippen molar-refractivity contribution in [1.29, 1.82) is 0 Å². The molecular formula is C20H33IN4O. The van der Waals surface area contributed by atoms with E-state index in [-0.39, 0.29) is 29.9 Å². The summed E-state index contributed by atoms with van der Waals surface area (Å²) in [5.74, 6) is 0.949. The molecule has 6 heteroatoms. The van der Waals surface area contributed by atoms with Crippen molar-refractivity contribution < 1.29 is 4.79 Å². The van der Waals surface area contributed by atoms with Crippen LogP contribution in [-0.2, 0) is 11.3 Å². The average molecular weight is 472 g/mol. The predicted octanol–water partition coefficient (Wildman–Crippen LogP) is 3.46. The van der Waals surface area contributed by atoms with Gasteiger partial charge in [-0.25, -0.2) is 0 Å². The number of halogens is 1. The lowest BCUT2D eigenvalue weighted by Gasteiger charge is -2.24. The molecule has 1 aliphatic rings. The number of hydrogen-bond acceptors (Lipinski definition) is 2. The molecule has 0 heterocycles. The number of benzene rings is 1. The molecule has 1 fully saturated rings. The van der Waals surface area contributed by atoms with Gasteiger partial charge < -0.3 is 15.5 Å². The first-order valence-corrected chi connectivity index (χ1v) is 9.36. The van der Waals surface area contributed by atoms with E-state index < -0.39 is 0 Å². The highest BCUT2D eigenvalue weighted by Crippen LogP contribution is 2.17. The summed E-state index contributed by atoms with van der Waals surface area (Å²) in [5.41, 5.74) is 2.56. The number of carbonyl (C=O) groups is 1. The van der Waals surface area contributed by atoms with Crippen LogP contribution in [0.5, 0.6) is 0 Å². The number of carbonyl (C=O) groups excluding carboxylic acids is 1. The summed E-state index contributed by atoms with van der Waals surface area (Å²) < 4.78 is 0. The standard InChI is InChI=1S/C20H32N4O.HI/c1-16-9-7-8-10-17(16)15-24(3)20(21-2)22-14-13-19(25)23-18-11-5-4-6-12-18;/h7-10,18H,4-6,11-15H2,1-3H3,(H,21,22)(H,23,25);1H. The Hall–Kier alpha value is -1.31. The van der Waals surface area contributed by atoms with Crippen LogP contribution in [0, 0.1) is 6.92 Å². The molecule has 1 amide bonds. The molecule has 0 atom stereocenters. The summed E-state index contributed by atoms with van der Waals surface area (Å²) in [5, 5.41) is 6.45. The number of nitrogens with zero attached hydrogens (tertiary/aromatic N) is 2. The largest absolute Gasteiger partial charge is 0.356 e. The topological polar surface area (TPSA) is 56.7 Å². The van der Waals surface area contributed by atoms with E-state index >= 15 is 0 Å². The third kappa shape index (κ3) is 7.51. The van der Waals surface area contributed by atoms with E-state index in [1.165, 1.54) is 30.4 Å². The van der Waals surface area contributed by atoms with Gasteiger partial charge in [0, 0.05) is 39.6 Å². The molecule has 2 rings (SSSR count). The van der Waals surface area contributed by atoms with E-state index in [1.807, 2.05) is 7.05 Å². The third-order valence-corrected chi connectivity index (χ3v) is 4.85. The first-order valence-electron chi connectivity index (χ1n) is 9.36. The Bertz CT molecular complexity index is 585. The van der Waals surface area contributed by atoms with Gasteiger partial charge in [0.15, 0.2) is 5.96 Å². The van der Waals surface area contributed by atoms with Gasteiger partial charge in [0.1, 0.15) is 0 Å². The van der Waals surface area contributed by atoms with Crippen molar-refractivity contribution in [2.45, 2.75) is 58.0 Å². The Morgan fingerprint density at radius 2 is 1.92 bits per heavy atom. The van der Waals surface area contributed by atoms with Crippen molar-refractivity contribution in [1.82, 2.24) is 15.5 Å². The van der Waals surface area contributed by atoms with Crippen LogP contribution in [-0.4, -0.2) is 43.4 Å². The van der Waals surface area contributed by atoms with Crippen LogP contribution in [0.1, 0.15) is 49.7 Å². The molecule has 0 bridgehead atoms. The number of amides is 1. The zero-order valence-corrected chi connectivity index (χ0v) is 18.6. The lowest BCUT2D eigenvalue weighted by molar-refractivity contribution is -0.121. The molecule has 2 N–H and O–H groups in total. The average Bonchev–Trinajstić information content (AvgIpc) is 2.61. The minimum atomic E-state index is 0. The molecule has 0 saturated heterocycles. The maximum absolute atomic E-state index is 12.1. The minimum Gasteiger partial charge on any atom is -0.356 e. The van der Waals surface area contributed by atoms with Gasteiger partial charge in [-0.1, -0.05) is 43.5 Å². The number of rotatable bonds is 6. The van der Waals surface area contributed by atoms with Crippen molar-refractivity contribution in [2.24, 2.45) is 4.99 Å². The van der Waals surface area contributed by atoms with Gasteiger partial charge in [-0.3, -0.25) is 9.79 Å². The second kappa shape index (κ2) is 12.1. The van der Waals surface area contributed by atoms with Gasteiger partial charge in [-0.15, -0.1) is 24.0 Å². The van der Waals surface area contributed by atoms with Crippen molar-refractivity contribution in [3.05, 3.63) is 35.4 Å². The van der Waals surface area contributed by atoms with E-state index in [1.54, 1.807) is 7.05 Å². The highest BCUT2D eigenvalue weighted by atomic mass is 127. The summed E-state index contributed by atoms with van der Waals surface area (Å²) in [6.07, 6.45) is 6.50. The van der Waals surface area contributed by atoms with Gasteiger partial charge in [0.05, 0.1) is 0 Å². The second-order valence-electron chi connectivity index (χ2n) is 6.91. The Balaban J connectivity index is 0.00000338. The van der Waals surface area contributed by atoms with E-state index in [2.05, 4.69) is 51.7 Å². The molecule has 26 heavy (non-hydrogen) atoms. The van der Waals surface area contributed by atoms with E-state index in [4.69, 9.17) is 0 Å². The number of hydrogen-bond donors (Lipinski definition) is 2. The highest BCUT2D eigenvalue weighted by molar-refractivity contribution is 14.0. The Kier molecular flexibility index (Phi) is 10.6. The maximum atomic E-state index is 12.1. The predicted molar refractivity (Wildman–Crippen MR) is 119 cm³/mol. The van der Waals surface area contributed by atoms with Crippen molar-refractivity contribution in [3.63, 3.8) is 0 Å². The van der Waals surface area contributed by atoms with Crippen LogP contribution in [0.3, 0.4) is 0 Å². The summed E-state index contributed by atoms with van der Waals surface area (Å²) in [4.78, 5) is 18.5. The molecule has 0 unspecified atom stereocenters. The zero-order chi connectivity index (χ0) is 18.1. The quantitative estimate of drug-likeness (QED) is 0.379. The van der Waals surface area contributed by atoms with Gasteiger partial charge in [0.2, 0.25) is 5.91 Å². The fourth-order valence-corrected chi connectivity index (χ4v) is 3.34. The lowest BCUT2D eigenvalue weighted by atomic mass is 9.95. The van der Waals surface area contributed by atoms with Gasteiger partial charge >= 0.3 is 0 Å². The number of aliphatic imine (C=N–C) groups is 1. The van der Waals surface area contributed by atoms with Crippen LogP contribution in [0.2, 0.25) is 0 Å². The molecule has 0 aliphatic heterocycles. The van der Waals surface area contributed by atoms with Crippen LogP contribution >= 0.6 is 24.0 Å². The molecule has 1 aromatic rings. The maximum Gasteiger partial charge on any atom is 0.221 e. The zero-order valence-electron chi connectivity index (χ0n) is 16.3. The van der Waals surface area contributed by atoms with Crippen LogP contribution in [0.4, 0.5) is 0 Å². The fourth-order valence-electron chi connectivity index (χ4n) is 3.34. The summed E-state index contributed by atoms with van der Waals surface area (Å²) in [6.45, 7) is 3.51. The van der Waals surface area contributed by atoms with E-state index in [0.717, 1.165) is 25.3 Å². The number of nitrogens with one attached hydrogen (secondary N) is 2. The molecule has 5 nitrogen and oxygen atoms in total. The van der Waals surface area contributed by atoms with Gasteiger partial charge in [-0.05, 0) is 30.9 Å². The Morgan fingerprint density at radius 1 is 1.23 bits per heavy atom. The second-order valence-corrected chi connectivity index (χ2v) is 6.91. The minimum absolute atomic E-state index is 0. The van der Waals surface area contributed by atoms with Crippen molar-refractivity contribution in [2.75, 3.05) is 20.6 Å². The van der Waals surface area contributed by atoms with E-state index in [0.29, 0.717) is 19.0 Å². The monoisotopic (exact) mass is 472 g/mol. The SMILES string of the molecule is CN=C(NCCC(=O)NC1CCCCC1)N(C)Cc1ccccc1C.I. The molecule has 146 valence electrons. The number of guanidine groups is 1. The van der Waals surface area contributed by atoms with Gasteiger partial charge in [-0.2, -0.15) is 0 Å². The molecule has 1 aromatic carbocycles. The van der Waals surface area contributed by atoms with Gasteiger partial charge in [0.25, 0.3) is 0 Å². The van der Waals surface area contributed by atoms with Crippen molar-refractivity contribution >= 4 is 35.8 Å². The molecular weight excluding hydrogens is 439 g/mol. The number of aryl methyl sites for hydroxylation is 1. The van der Waals surface area contributed by atoms with Crippen LogP contribution in [0.25, 0.3) is 0 Å². The summed E-state index contributed by atoms with van der Waals surface area (Å²) in [7, 11) is 3.79. The first kappa shape index (κ1) is 22.7. The summed E-state index contributed by atoms with van der Waals surface area (Å²) in [6, 6.07) is 8.74. The summed E-state index contributed by atoms with van der Waals surface area (Å²) >= 11 is 0. The lowest BCUT2D eigenvalue weighted by Crippen LogP contribution is -2.41. The Labute approximate surface area is 175 Å². The molecule has 1 aliphatic carbocycles. The van der Waals surface area contributed by atoms with Crippen LogP contribution in [0.15, 0.2) is 29.3 Å². The smallest absolute Gasteiger partial charge is 0.221 e. The molecule has 0 spiro atoms. The first-order chi connectivity index (χ1) is 12.1. The van der Waals surface area contributed by atoms with Crippen molar-refractivity contribution in [3.8, 4) is 0 Å². The Morgan fingerprint density at radius 3 is 2.58 bits per heavy atom. The fraction of sp³-hybridized carbons (Fsp3) is 0.600. The highest BCUT2D eigenvalue weighted by Gasteiger charge is 2.15. The van der Waals surface area contributed by atoms with E-state index in [9.17, 15) is 4.79 Å². The van der Waals surface area contributed by atoms with Crippen LogP contribution < -0.4 is 10.6 Å². The molecule has 0 radical (unpaired) electrons. The normalized spacial score (nSPS) is 15.1.